The maximum atomic E-state index is 13.2. The fourth-order valence-electron chi connectivity index (χ4n) is 4.50. The molecule has 6 nitrogen and oxygen atoms in total. The smallest absolute Gasteiger partial charge is 0.312 e. The second-order valence-corrected chi connectivity index (χ2v) is 8.37. The van der Waals surface area contributed by atoms with Gasteiger partial charge in [-0.2, -0.15) is 0 Å². The maximum Gasteiger partial charge on any atom is 0.312 e. The molecule has 0 N–H and O–H groups in total. The van der Waals surface area contributed by atoms with E-state index < -0.39 is 5.92 Å². The lowest BCUT2D eigenvalue weighted by Crippen LogP contribution is -2.21. The molecule has 172 valence electrons. The highest BCUT2D eigenvalue weighted by atomic mass is 16.5. The number of methoxy groups -OCH3 is 1. The van der Waals surface area contributed by atoms with Crippen molar-refractivity contribution in [2.75, 3.05) is 7.11 Å². The molecule has 0 unspecified atom stereocenters. The average Bonchev–Trinajstić information content (AvgIpc) is 3.50. The standard InChI is InChI=1S/C29H20O6/c1-32-19-9-7-17(8-10-19)15-25-28(31)20-11-12-24-27(29(20)35-25)21(16-26(30)34-24)23-14-13-22(33-23)18-5-3-2-4-6-18/h2-15,21H,16H2,1H3/b25-15-/t21-/m1/s1. The van der Waals surface area contributed by atoms with Crippen molar-refractivity contribution < 1.29 is 28.2 Å². The third-order valence-corrected chi connectivity index (χ3v) is 6.22. The third-order valence-electron chi connectivity index (χ3n) is 6.22. The molecule has 6 heteroatoms. The number of benzene rings is 3. The van der Waals surface area contributed by atoms with E-state index in [0.29, 0.717) is 34.1 Å². The second kappa shape index (κ2) is 8.33. The summed E-state index contributed by atoms with van der Waals surface area (Å²) in [5, 5.41) is 0. The first-order valence-electron chi connectivity index (χ1n) is 11.2. The highest BCUT2D eigenvalue weighted by Gasteiger charge is 2.39. The van der Waals surface area contributed by atoms with Gasteiger partial charge in [0.1, 0.15) is 28.8 Å². The van der Waals surface area contributed by atoms with Crippen molar-refractivity contribution in [3.05, 3.63) is 107 Å². The zero-order chi connectivity index (χ0) is 23.9. The van der Waals surface area contributed by atoms with E-state index >= 15 is 0 Å². The van der Waals surface area contributed by atoms with Crippen LogP contribution in [0, 0.1) is 0 Å². The largest absolute Gasteiger partial charge is 0.497 e. The van der Waals surface area contributed by atoms with Gasteiger partial charge in [-0.3, -0.25) is 9.59 Å². The Morgan fingerprint density at radius 1 is 0.886 bits per heavy atom. The van der Waals surface area contributed by atoms with Crippen molar-refractivity contribution in [1.82, 2.24) is 0 Å². The summed E-state index contributed by atoms with van der Waals surface area (Å²) >= 11 is 0. The van der Waals surface area contributed by atoms with Crippen LogP contribution in [0.1, 0.15) is 39.6 Å². The van der Waals surface area contributed by atoms with Gasteiger partial charge in [0.25, 0.3) is 0 Å². The molecule has 0 saturated heterocycles. The van der Waals surface area contributed by atoms with E-state index in [4.69, 9.17) is 18.6 Å². The van der Waals surface area contributed by atoms with Crippen LogP contribution in [-0.2, 0) is 4.79 Å². The van der Waals surface area contributed by atoms with E-state index in [-0.39, 0.29) is 23.9 Å². The second-order valence-electron chi connectivity index (χ2n) is 8.37. The van der Waals surface area contributed by atoms with Gasteiger partial charge in [0.2, 0.25) is 5.78 Å². The summed E-state index contributed by atoms with van der Waals surface area (Å²) in [5.74, 6) is 2.00. The molecular weight excluding hydrogens is 444 g/mol. The Kier molecular flexibility index (Phi) is 4.99. The van der Waals surface area contributed by atoms with Gasteiger partial charge >= 0.3 is 5.97 Å². The maximum absolute atomic E-state index is 13.2. The van der Waals surface area contributed by atoms with Gasteiger partial charge in [-0.05, 0) is 48.0 Å². The normalized spacial score (nSPS) is 17.5. The average molecular weight is 464 g/mol. The van der Waals surface area contributed by atoms with Crippen LogP contribution in [0.4, 0.5) is 0 Å². The first kappa shape index (κ1) is 21.0. The molecule has 0 fully saturated rings. The summed E-state index contributed by atoms with van der Waals surface area (Å²) in [6, 6.07) is 24.1. The summed E-state index contributed by atoms with van der Waals surface area (Å²) in [4.78, 5) is 25.6. The number of ketones is 1. The zero-order valence-corrected chi connectivity index (χ0v) is 18.8. The van der Waals surface area contributed by atoms with Crippen molar-refractivity contribution in [3.63, 3.8) is 0 Å². The lowest BCUT2D eigenvalue weighted by atomic mass is 9.88. The van der Waals surface area contributed by atoms with Crippen molar-refractivity contribution in [2.24, 2.45) is 0 Å². The van der Waals surface area contributed by atoms with Crippen molar-refractivity contribution in [3.8, 4) is 28.6 Å². The highest BCUT2D eigenvalue weighted by molar-refractivity contribution is 6.15. The molecule has 6 rings (SSSR count). The van der Waals surface area contributed by atoms with Crippen molar-refractivity contribution in [2.45, 2.75) is 12.3 Å². The number of furan rings is 1. The quantitative estimate of drug-likeness (QED) is 0.209. The Bertz CT molecular complexity index is 1480. The minimum Gasteiger partial charge on any atom is -0.497 e. The van der Waals surface area contributed by atoms with Crippen LogP contribution in [-0.4, -0.2) is 18.9 Å². The van der Waals surface area contributed by atoms with E-state index in [2.05, 4.69) is 0 Å². The molecule has 4 aromatic rings. The van der Waals surface area contributed by atoms with Crippen LogP contribution in [0.5, 0.6) is 17.2 Å². The Morgan fingerprint density at radius 3 is 2.46 bits per heavy atom. The number of ether oxygens (including phenoxy) is 3. The summed E-state index contributed by atoms with van der Waals surface area (Å²) in [7, 11) is 1.60. The molecule has 35 heavy (non-hydrogen) atoms. The number of carbonyl (C=O) groups is 2. The predicted molar refractivity (Wildman–Crippen MR) is 129 cm³/mol. The molecule has 0 radical (unpaired) electrons. The number of hydrogen-bond donors (Lipinski definition) is 0. The van der Waals surface area contributed by atoms with Gasteiger partial charge in [-0.1, -0.05) is 42.5 Å². The highest BCUT2D eigenvalue weighted by Crippen LogP contribution is 2.49. The van der Waals surface area contributed by atoms with Gasteiger partial charge in [0, 0.05) is 11.1 Å². The topological polar surface area (TPSA) is 75.0 Å². The molecule has 3 aromatic carbocycles. The molecule has 1 aromatic heterocycles. The Labute approximate surface area is 201 Å². The van der Waals surface area contributed by atoms with Crippen molar-refractivity contribution in [1.29, 1.82) is 0 Å². The van der Waals surface area contributed by atoms with Gasteiger partial charge in [-0.25, -0.2) is 0 Å². The number of fused-ring (bicyclic) bond motifs is 3. The molecule has 2 aliphatic rings. The summed E-state index contributed by atoms with van der Waals surface area (Å²) in [6.45, 7) is 0. The molecule has 3 heterocycles. The lowest BCUT2D eigenvalue weighted by Gasteiger charge is -2.24. The first-order valence-corrected chi connectivity index (χ1v) is 11.2. The fraction of sp³-hybridized carbons (Fsp3) is 0.103. The number of rotatable bonds is 4. The van der Waals surface area contributed by atoms with Crippen molar-refractivity contribution >= 4 is 17.8 Å². The summed E-state index contributed by atoms with van der Waals surface area (Å²) in [6.07, 6.45) is 1.78. The minimum atomic E-state index is -0.438. The zero-order valence-electron chi connectivity index (χ0n) is 18.8. The van der Waals surface area contributed by atoms with Crippen LogP contribution >= 0.6 is 0 Å². The van der Waals surface area contributed by atoms with E-state index in [1.807, 2.05) is 66.7 Å². The number of esters is 1. The molecule has 1 atom stereocenters. The SMILES string of the molecule is COc1ccc(/C=C2\Oc3c(ccc4c3[C@@H](c3ccc(-c5ccccc5)o3)CC(=O)O4)C2=O)cc1. The Balaban J connectivity index is 1.40. The molecule has 0 bridgehead atoms. The monoisotopic (exact) mass is 464 g/mol. The molecule has 2 aliphatic heterocycles. The van der Waals surface area contributed by atoms with Crippen LogP contribution < -0.4 is 14.2 Å². The minimum absolute atomic E-state index is 0.0836. The van der Waals surface area contributed by atoms with Crippen LogP contribution in [0.3, 0.4) is 0 Å². The van der Waals surface area contributed by atoms with Crippen LogP contribution in [0.15, 0.2) is 89.0 Å². The number of allylic oxidation sites excluding steroid dienone is 1. The lowest BCUT2D eigenvalue weighted by molar-refractivity contribution is -0.135. The summed E-state index contributed by atoms with van der Waals surface area (Å²) in [5.41, 5.74) is 2.81. The van der Waals surface area contributed by atoms with Crippen LogP contribution in [0.25, 0.3) is 17.4 Å². The van der Waals surface area contributed by atoms with E-state index in [1.165, 1.54) is 0 Å². The molecule has 0 saturated carbocycles. The van der Waals surface area contributed by atoms with Crippen LogP contribution in [0.2, 0.25) is 0 Å². The number of carbonyl (C=O) groups excluding carboxylic acids is 2. The molecule has 0 aliphatic carbocycles. The van der Waals surface area contributed by atoms with E-state index in [1.54, 1.807) is 25.3 Å². The van der Waals surface area contributed by atoms with Gasteiger partial charge < -0.3 is 18.6 Å². The van der Waals surface area contributed by atoms with Gasteiger partial charge in [-0.15, -0.1) is 0 Å². The summed E-state index contributed by atoms with van der Waals surface area (Å²) < 4.78 is 23.0. The predicted octanol–water partition coefficient (Wildman–Crippen LogP) is 6.01. The van der Waals surface area contributed by atoms with Gasteiger partial charge in [0.15, 0.2) is 5.76 Å². The molecular formula is C29H20O6. The number of Topliss-reactive ketones (excluding diaryl/α,β-unsaturated/α-hetero) is 1. The first-order chi connectivity index (χ1) is 17.1. The van der Waals surface area contributed by atoms with E-state index in [9.17, 15) is 9.59 Å². The number of hydrogen-bond acceptors (Lipinski definition) is 6. The van der Waals surface area contributed by atoms with Gasteiger partial charge in [0.05, 0.1) is 25.0 Å². The fourth-order valence-corrected chi connectivity index (χ4v) is 4.50. The Hall–Kier alpha value is -4.58. The third kappa shape index (κ3) is 3.69. The molecule has 0 spiro atoms. The van der Waals surface area contributed by atoms with E-state index in [0.717, 1.165) is 16.9 Å². The Morgan fingerprint density at radius 2 is 1.69 bits per heavy atom. The molecule has 0 amide bonds.